The molecule has 1 fully saturated rings. The van der Waals surface area contributed by atoms with Crippen molar-refractivity contribution in [3.8, 4) is 0 Å². The van der Waals surface area contributed by atoms with E-state index in [1.807, 2.05) is 13.8 Å². The number of ether oxygens (including phenoxy) is 1. The summed E-state index contributed by atoms with van der Waals surface area (Å²) in [4.78, 5) is 24.1. The summed E-state index contributed by atoms with van der Waals surface area (Å²) in [6, 6.07) is 4.84. The second-order valence-electron chi connectivity index (χ2n) is 6.89. The molecule has 1 aliphatic rings. The maximum absolute atomic E-state index is 13.0. The topological polar surface area (TPSA) is 85.7 Å². The molecule has 0 N–H and O–H groups in total. The summed E-state index contributed by atoms with van der Waals surface area (Å²) in [5.41, 5.74) is 0.750. The number of piperidine rings is 1. The number of carbonyl (C=O) groups excluding carboxylic acids is 1. The van der Waals surface area contributed by atoms with E-state index < -0.39 is 10.0 Å². The van der Waals surface area contributed by atoms with Gasteiger partial charge in [0.25, 0.3) is 0 Å². The molecule has 2 heterocycles. The lowest BCUT2D eigenvalue weighted by atomic mass is 9.98. The van der Waals surface area contributed by atoms with E-state index in [1.165, 1.54) is 4.31 Å². The first-order valence-corrected chi connectivity index (χ1v) is 11.3. The zero-order chi connectivity index (χ0) is 19.8. The van der Waals surface area contributed by atoms with Gasteiger partial charge < -0.3 is 4.74 Å². The van der Waals surface area contributed by atoms with Crippen LogP contribution in [0.25, 0.3) is 10.2 Å². The lowest BCUT2D eigenvalue weighted by Crippen LogP contribution is -2.40. The van der Waals surface area contributed by atoms with E-state index in [9.17, 15) is 18.0 Å². The number of thiazole rings is 1. The molecule has 0 unspecified atom stereocenters. The van der Waals surface area contributed by atoms with Crippen LogP contribution in [-0.4, -0.2) is 43.0 Å². The lowest BCUT2D eigenvalue weighted by Gasteiger charge is -2.30. The number of fused-ring (bicyclic) bond motifs is 1. The third kappa shape index (κ3) is 3.81. The minimum Gasteiger partial charge on any atom is -0.466 e. The SMILES string of the molecule is CCOC(=O)C1CCN(S(=O)(=O)c2ccc3c(c2)sc(=O)n3C(C)C)CC1. The third-order valence-corrected chi connectivity index (χ3v) is 7.63. The highest BCUT2D eigenvalue weighted by molar-refractivity contribution is 7.89. The quantitative estimate of drug-likeness (QED) is 0.705. The predicted molar refractivity (Wildman–Crippen MR) is 105 cm³/mol. The van der Waals surface area contributed by atoms with Crippen molar-refractivity contribution in [3.63, 3.8) is 0 Å². The standard InChI is InChI=1S/C18H24N2O5S2/c1-4-25-17(21)13-7-9-19(10-8-13)27(23,24)14-5-6-15-16(11-14)26-18(22)20(15)12(2)3/h5-6,11-13H,4,7-10H2,1-3H3. The van der Waals surface area contributed by atoms with Gasteiger partial charge in [-0.25, -0.2) is 8.42 Å². The van der Waals surface area contributed by atoms with Gasteiger partial charge in [-0.1, -0.05) is 11.3 Å². The van der Waals surface area contributed by atoms with Gasteiger partial charge in [-0.3, -0.25) is 14.2 Å². The molecule has 0 aliphatic carbocycles. The number of rotatable bonds is 5. The van der Waals surface area contributed by atoms with Crippen LogP contribution in [0.3, 0.4) is 0 Å². The Kier molecular flexibility index (Phi) is 5.73. The Morgan fingerprint density at radius 2 is 1.96 bits per heavy atom. The fourth-order valence-corrected chi connectivity index (χ4v) is 6.03. The molecule has 148 valence electrons. The number of esters is 1. The van der Waals surface area contributed by atoms with Crippen molar-refractivity contribution >= 4 is 37.5 Å². The molecule has 27 heavy (non-hydrogen) atoms. The van der Waals surface area contributed by atoms with Gasteiger partial charge in [0.05, 0.1) is 27.6 Å². The summed E-state index contributed by atoms with van der Waals surface area (Å²) < 4.78 is 34.7. The fraction of sp³-hybridized carbons (Fsp3) is 0.556. The first-order chi connectivity index (χ1) is 12.8. The Morgan fingerprint density at radius 3 is 2.56 bits per heavy atom. The third-order valence-electron chi connectivity index (χ3n) is 4.81. The van der Waals surface area contributed by atoms with Crippen LogP contribution in [0.15, 0.2) is 27.9 Å². The molecule has 7 nitrogen and oxygen atoms in total. The van der Waals surface area contributed by atoms with Crippen LogP contribution in [0.1, 0.15) is 39.7 Å². The number of hydrogen-bond donors (Lipinski definition) is 0. The summed E-state index contributed by atoms with van der Waals surface area (Å²) in [5, 5.41) is 0. The fourth-order valence-electron chi connectivity index (χ4n) is 3.41. The molecule has 1 aromatic carbocycles. The number of carbonyl (C=O) groups is 1. The summed E-state index contributed by atoms with van der Waals surface area (Å²) in [6.45, 7) is 6.50. The highest BCUT2D eigenvalue weighted by Gasteiger charge is 2.33. The average molecular weight is 413 g/mol. The van der Waals surface area contributed by atoms with E-state index in [0.717, 1.165) is 16.9 Å². The molecule has 0 amide bonds. The van der Waals surface area contributed by atoms with Gasteiger partial charge in [0.1, 0.15) is 0 Å². The van der Waals surface area contributed by atoms with E-state index in [4.69, 9.17) is 4.74 Å². The van der Waals surface area contributed by atoms with E-state index in [0.29, 0.717) is 24.1 Å². The summed E-state index contributed by atoms with van der Waals surface area (Å²) in [5.74, 6) is -0.500. The van der Waals surface area contributed by atoms with Crippen LogP contribution < -0.4 is 4.87 Å². The Labute approximate surface area is 162 Å². The van der Waals surface area contributed by atoms with Gasteiger partial charge in [-0.15, -0.1) is 0 Å². The average Bonchev–Trinajstić information content (AvgIpc) is 2.97. The van der Waals surface area contributed by atoms with E-state index in [1.54, 1.807) is 29.7 Å². The van der Waals surface area contributed by atoms with Crippen LogP contribution >= 0.6 is 11.3 Å². The van der Waals surface area contributed by atoms with E-state index in [-0.39, 0.29) is 40.8 Å². The van der Waals surface area contributed by atoms with Crippen molar-refractivity contribution in [1.82, 2.24) is 8.87 Å². The minimum absolute atomic E-state index is 0.00983. The zero-order valence-electron chi connectivity index (χ0n) is 15.7. The molecule has 0 atom stereocenters. The number of sulfonamides is 1. The van der Waals surface area contributed by atoms with Crippen molar-refractivity contribution in [1.29, 1.82) is 0 Å². The van der Waals surface area contributed by atoms with Gasteiger partial charge >= 0.3 is 10.8 Å². The van der Waals surface area contributed by atoms with Gasteiger partial charge in [0.2, 0.25) is 10.0 Å². The second-order valence-corrected chi connectivity index (χ2v) is 9.82. The van der Waals surface area contributed by atoms with Crippen LogP contribution in [0, 0.1) is 5.92 Å². The molecule has 2 aromatic rings. The van der Waals surface area contributed by atoms with Crippen molar-refractivity contribution in [2.75, 3.05) is 19.7 Å². The molecular weight excluding hydrogens is 388 g/mol. The van der Waals surface area contributed by atoms with Crippen LogP contribution in [0.2, 0.25) is 0 Å². The highest BCUT2D eigenvalue weighted by atomic mass is 32.2. The Hall–Kier alpha value is -1.71. The van der Waals surface area contributed by atoms with Crippen LogP contribution in [0.5, 0.6) is 0 Å². The maximum Gasteiger partial charge on any atom is 0.309 e. The first kappa shape index (κ1) is 20.0. The van der Waals surface area contributed by atoms with E-state index in [2.05, 4.69) is 0 Å². The molecule has 1 aliphatic heterocycles. The van der Waals surface area contributed by atoms with Gasteiger partial charge in [-0.2, -0.15) is 4.31 Å². The van der Waals surface area contributed by atoms with Crippen molar-refractivity contribution in [2.45, 2.75) is 44.6 Å². The summed E-state index contributed by atoms with van der Waals surface area (Å²) in [6.07, 6.45) is 0.911. The van der Waals surface area contributed by atoms with Crippen LogP contribution in [0.4, 0.5) is 0 Å². The van der Waals surface area contributed by atoms with Gasteiger partial charge in [0, 0.05) is 19.1 Å². The molecule has 0 spiro atoms. The Balaban J connectivity index is 1.84. The molecular formula is C18H24N2O5S2. The Morgan fingerprint density at radius 1 is 1.30 bits per heavy atom. The second kappa shape index (κ2) is 7.73. The minimum atomic E-state index is -3.66. The van der Waals surface area contributed by atoms with Crippen molar-refractivity contribution in [2.24, 2.45) is 5.92 Å². The van der Waals surface area contributed by atoms with Crippen molar-refractivity contribution < 1.29 is 17.9 Å². The largest absolute Gasteiger partial charge is 0.466 e. The monoisotopic (exact) mass is 412 g/mol. The number of nitrogens with zero attached hydrogens (tertiary/aromatic N) is 2. The molecule has 0 saturated carbocycles. The zero-order valence-corrected chi connectivity index (χ0v) is 17.3. The molecule has 3 rings (SSSR count). The molecule has 1 saturated heterocycles. The first-order valence-electron chi connectivity index (χ1n) is 9.07. The molecule has 9 heteroatoms. The molecule has 0 bridgehead atoms. The highest BCUT2D eigenvalue weighted by Crippen LogP contribution is 2.28. The Bertz CT molecular complexity index is 998. The number of benzene rings is 1. The van der Waals surface area contributed by atoms with Gasteiger partial charge in [0.15, 0.2) is 0 Å². The maximum atomic E-state index is 13.0. The molecule has 1 aromatic heterocycles. The normalized spacial score (nSPS) is 16.9. The van der Waals surface area contributed by atoms with Crippen molar-refractivity contribution in [3.05, 3.63) is 27.9 Å². The van der Waals surface area contributed by atoms with Crippen LogP contribution in [-0.2, 0) is 19.6 Å². The summed E-state index contributed by atoms with van der Waals surface area (Å²) in [7, 11) is -3.66. The predicted octanol–water partition coefficient (Wildman–Crippen LogP) is 2.61. The summed E-state index contributed by atoms with van der Waals surface area (Å²) >= 11 is 1.06. The number of aromatic nitrogens is 1. The van der Waals surface area contributed by atoms with Gasteiger partial charge in [-0.05, 0) is 51.8 Å². The van der Waals surface area contributed by atoms with E-state index >= 15 is 0 Å². The molecule has 0 radical (unpaired) electrons. The number of hydrogen-bond acceptors (Lipinski definition) is 6. The lowest BCUT2D eigenvalue weighted by molar-refractivity contribution is -0.149. The smallest absolute Gasteiger partial charge is 0.309 e.